The van der Waals surface area contributed by atoms with Crippen molar-refractivity contribution in [1.29, 1.82) is 0 Å². The molecule has 0 aliphatic carbocycles. The monoisotopic (exact) mass is 458 g/mol. The number of hydrogen-bond donors (Lipinski definition) is 1. The zero-order valence-corrected chi connectivity index (χ0v) is 23.6. The normalized spacial score (nSPS) is 13.8. The fraction of sp³-hybridized carbons (Fsp3) is 1.00. The van der Waals surface area contributed by atoms with Crippen molar-refractivity contribution in [3.8, 4) is 0 Å². The summed E-state index contributed by atoms with van der Waals surface area (Å²) in [6.07, 6.45) is 19.8. The van der Waals surface area contributed by atoms with Gasteiger partial charge in [0.15, 0.2) is 0 Å². The number of aliphatic hydroxyl groups is 1. The third-order valence-corrected chi connectivity index (χ3v) is 7.03. The largest absolute Gasteiger partial charge is 1.00 e. The Kier molecular flexibility index (Phi) is 25.6. The molecule has 4 nitrogen and oxygen atoms in total. The fourth-order valence-electron chi connectivity index (χ4n) is 3.81. The summed E-state index contributed by atoms with van der Waals surface area (Å²) in [4.78, 5) is 0. The number of unbranched alkanes of at least 4 members (excludes halogenated alkanes) is 12. The molecule has 0 fully saturated rings. The summed E-state index contributed by atoms with van der Waals surface area (Å²) in [5.41, 5.74) is 0. The molecule has 0 aliphatic rings. The first-order valence-corrected chi connectivity index (χ1v) is 13.5. The van der Waals surface area contributed by atoms with Crippen molar-refractivity contribution in [2.24, 2.45) is 0 Å². The fourth-order valence-corrected chi connectivity index (χ4v) is 4.72. The zero-order chi connectivity index (χ0) is 21.1. The maximum atomic E-state index is 11.3. The molecular weight excluding hydrogens is 411 g/mol. The minimum atomic E-state index is -4.13. The van der Waals surface area contributed by atoms with E-state index in [1.54, 1.807) is 0 Å². The molecule has 0 aromatic heterocycles. The second kappa shape index (κ2) is 22.7. The first-order chi connectivity index (χ1) is 13.4. The molecule has 29 heavy (non-hydrogen) atoms. The van der Waals surface area contributed by atoms with Crippen molar-refractivity contribution in [2.45, 2.75) is 147 Å². The van der Waals surface area contributed by atoms with Gasteiger partial charge in [-0.25, -0.2) is 8.42 Å². The van der Waals surface area contributed by atoms with E-state index in [9.17, 15) is 18.1 Å². The molecule has 0 spiro atoms. The number of aliphatic hydroxyl groups excluding tert-OH is 1. The molecule has 0 amide bonds. The van der Waals surface area contributed by atoms with Gasteiger partial charge in [0.1, 0.15) is 0 Å². The van der Waals surface area contributed by atoms with Gasteiger partial charge in [0.25, 0.3) is 0 Å². The molecule has 0 saturated carbocycles. The van der Waals surface area contributed by atoms with E-state index in [0.29, 0.717) is 12.8 Å². The second-order valence-corrected chi connectivity index (χ2v) is 10.2. The Balaban J connectivity index is 0. The molecule has 0 radical (unpaired) electrons. The van der Waals surface area contributed by atoms with Crippen LogP contribution in [0.2, 0.25) is 0 Å². The summed E-state index contributed by atoms with van der Waals surface area (Å²) in [5, 5.41) is 9.32. The van der Waals surface area contributed by atoms with Gasteiger partial charge in [0, 0.05) is 5.25 Å². The molecule has 6 heteroatoms. The second-order valence-electron chi connectivity index (χ2n) is 8.52. The van der Waals surface area contributed by atoms with Crippen molar-refractivity contribution in [3.05, 3.63) is 0 Å². The van der Waals surface area contributed by atoms with Crippen LogP contribution in [-0.2, 0) is 10.1 Å². The molecule has 0 heterocycles. The van der Waals surface area contributed by atoms with Crippen molar-refractivity contribution in [3.63, 3.8) is 0 Å². The minimum absolute atomic E-state index is 0. The van der Waals surface area contributed by atoms with E-state index in [0.717, 1.165) is 57.8 Å². The molecule has 0 aromatic carbocycles. The van der Waals surface area contributed by atoms with Gasteiger partial charge in [0.2, 0.25) is 0 Å². The maximum absolute atomic E-state index is 11.3. The quantitative estimate of drug-likeness (QED) is 0.162. The minimum Gasteiger partial charge on any atom is -0.748 e. The smallest absolute Gasteiger partial charge is 0.748 e. The molecular formula is C23H47KO4S. The predicted molar refractivity (Wildman–Crippen MR) is 119 cm³/mol. The zero-order valence-electron chi connectivity index (χ0n) is 19.7. The van der Waals surface area contributed by atoms with Crippen LogP contribution in [0.25, 0.3) is 0 Å². The van der Waals surface area contributed by atoms with Gasteiger partial charge in [-0.05, 0) is 25.7 Å². The maximum Gasteiger partial charge on any atom is 1.00 e. The predicted octanol–water partition coefficient (Wildman–Crippen LogP) is 3.72. The third-order valence-electron chi connectivity index (χ3n) is 5.74. The van der Waals surface area contributed by atoms with E-state index in [2.05, 4.69) is 6.92 Å². The van der Waals surface area contributed by atoms with Crippen LogP contribution in [0.3, 0.4) is 0 Å². The van der Waals surface area contributed by atoms with E-state index < -0.39 is 15.4 Å². The summed E-state index contributed by atoms with van der Waals surface area (Å²) in [6, 6.07) is 0. The molecule has 0 aliphatic heterocycles. The summed E-state index contributed by atoms with van der Waals surface area (Å²) in [6.45, 7) is 4.24. The van der Waals surface area contributed by atoms with Gasteiger partial charge in [-0.1, -0.05) is 110 Å². The van der Waals surface area contributed by atoms with E-state index in [4.69, 9.17) is 0 Å². The van der Waals surface area contributed by atoms with E-state index in [1.165, 1.54) is 51.4 Å². The van der Waals surface area contributed by atoms with Crippen LogP contribution < -0.4 is 51.4 Å². The number of hydrogen-bond acceptors (Lipinski definition) is 4. The first-order valence-electron chi connectivity index (χ1n) is 12.0. The Morgan fingerprint density at radius 1 is 0.621 bits per heavy atom. The molecule has 0 bridgehead atoms. The molecule has 170 valence electrons. The summed E-state index contributed by atoms with van der Waals surface area (Å²) in [5.74, 6) is 0. The van der Waals surface area contributed by atoms with Crippen molar-refractivity contribution < 1.29 is 69.5 Å². The van der Waals surface area contributed by atoms with Crippen molar-refractivity contribution in [2.75, 3.05) is 0 Å². The van der Waals surface area contributed by atoms with Crippen LogP contribution in [0, 0.1) is 0 Å². The summed E-state index contributed by atoms with van der Waals surface area (Å²) >= 11 is 0. The van der Waals surface area contributed by atoms with E-state index in [-0.39, 0.29) is 57.5 Å². The van der Waals surface area contributed by atoms with Gasteiger partial charge < -0.3 is 9.66 Å². The molecule has 0 rings (SSSR count). The van der Waals surface area contributed by atoms with E-state index in [1.807, 2.05) is 6.92 Å². The Bertz CT molecular complexity index is 429. The molecule has 0 saturated heterocycles. The van der Waals surface area contributed by atoms with E-state index >= 15 is 0 Å². The first kappa shape index (κ1) is 32.7. The van der Waals surface area contributed by atoms with Gasteiger partial charge in [-0.2, -0.15) is 0 Å². The number of rotatable bonds is 21. The Morgan fingerprint density at radius 2 is 0.966 bits per heavy atom. The van der Waals surface area contributed by atoms with Crippen LogP contribution in [0.4, 0.5) is 0 Å². The Morgan fingerprint density at radius 3 is 1.38 bits per heavy atom. The van der Waals surface area contributed by atoms with Crippen LogP contribution >= 0.6 is 0 Å². The Labute approximate surface area is 224 Å². The standard InChI is InChI=1S/C23H48O4S.K/c1-3-5-7-12-15-18-22(24)19-16-13-10-8-9-11-14-17-21-23(20-6-4-2)28(25,26)27;/h22-24H,3-21H2,1-2H3,(H,25,26,27);/q;+1/p-1. The topological polar surface area (TPSA) is 77.4 Å². The van der Waals surface area contributed by atoms with Crippen molar-refractivity contribution >= 4 is 10.1 Å². The van der Waals surface area contributed by atoms with Crippen LogP contribution in [0.1, 0.15) is 136 Å². The van der Waals surface area contributed by atoms with Crippen LogP contribution in [0.15, 0.2) is 0 Å². The van der Waals surface area contributed by atoms with Gasteiger partial charge >= 0.3 is 51.4 Å². The van der Waals surface area contributed by atoms with Gasteiger partial charge in [-0.15, -0.1) is 0 Å². The van der Waals surface area contributed by atoms with Crippen molar-refractivity contribution in [1.82, 2.24) is 0 Å². The molecule has 2 unspecified atom stereocenters. The third kappa shape index (κ3) is 22.5. The molecule has 1 N–H and O–H groups in total. The molecule has 0 aromatic rings. The average Bonchev–Trinajstić information content (AvgIpc) is 2.64. The summed E-state index contributed by atoms with van der Waals surface area (Å²) in [7, 11) is -4.13. The Hall–Kier alpha value is 1.51. The molecule has 2 atom stereocenters. The SMILES string of the molecule is CCCCCCCC(O)CCCCCCCCCCC(CCCC)S(=O)(=O)[O-].[K+]. The van der Waals surface area contributed by atoms with Crippen LogP contribution in [-0.4, -0.2) is 29.4 Å². The van der Waals surface area contributed by atoms with Gasteiger partial charge in [0.05, 0.1) is 16.2 Å². The van der Waals surface area contributed by atoms with Gasteiger partial charge in [-0.3, -0.25) is 0 Å². The van der Waals surface area contributed by atoms with Crippen LogP contribution in [0.5, 0.6) is 0 Å². The summed E-state index contributed by atoms with van der Waals surface area (Å²) < 4.78 is 33.8. The average molecular weight is 459 g/mol.